The van der Waals surface area contributed by atoms with Gasteiger partial charge >= 0.3 is 30.0 Å². The Morgan fingerprint density at radius 3 is 2.05 bits per heavy atom. The van der Waals surface area contributed by atoms with Gasteiger partial charge in [-0.05, 0) is 39.7 Å². The van der Waals surface area contributed by atoms with Crippen molar-refractivity contribution in [3.63, 3.8) is 0 Å². The van der Waals surface area contributed by atoms with Gasteiger partial charge in [-0.25, -0.2) is 14.5 Å². The zero-order chi connectivity index (χ0) is 49.2. The molecule has 5 amide bonds. The Labute approximate surface area is 379 Å². The molecule has 65 heavy (non-hydrogen) atoms. The third-order valence-electron chi connectivity index (χ3n) is 9.32. The Kier molecular flexibility index (Phi) is 22.6. The number of carbonyl (C=O) groups excluding carboxylic acids is 9. The van der Waals surface area contributed by atoms with E-state index in [1.807, 2.05) is 0 Å². The van der Waals surface area contributed by atoms with Gasteiger partial charge in [0.1, 0.15) is 37.5 Å². The molecule has 23 nitrogen and oxygen atoms in total. The standard InChI is InChI=1S/C41H62N6O17S/c1-22(2)60-39(55)41(21-65(57)17-16-42,47(40(56)59-19-29-12-10-9-11-13-29)32(52)15-14-30(36(44)53)46-37(54)24(4)43)18-23(3)61-35-33(45-25(5)48)38(63-28(8)51)64-31(20-58-26(6)49)34(35)62-27(7)50/h9-13,22-24,30-31,33-35,38H,14-21,42-43H2,1-8H3,(H2,44,53)(H,45,48)(H,46,54)/t23?,24-,30+,31+,33+,34+,35+,38-,41-,65?/m0/s1. The minimum absolute atomic E-state index is 0.175. The van der Waals surface area contributed by atoms with Crippen LogP contribution in [0.1, 0.15) is 80.2 Å². The first-order chi connectivity index (χ1) is 30.4. The number of amides is 5. The summed E-state index contributed by atoms with van der Waals surface area (Å²) in [6, 6.07) is 4.18. The van der Waals surface area contributed by atoms with Crippen molar-refractivity contribution in [1.82, 2.24) is 15.5 Å². The van der Waals surface area contributed by atoms with E-state index >= 15 is 0 Å². The zero-order valence-electron chi connectivity index (χ0n) is 37.8. The van der Waals surface area contributed by atoms with Gasteiger partial charge in [0, 0.05) is 63.6 Å². The van der Waals surface area contributed by atoms with E-state index in [1.54, 1.807) is 30.3 Å². The number of hydrogen-bond acceptors (Lipinski definition) is 19. The molecule has 24 heteroatoms. The molecule has 1 fully saturated rings. The quantitative estimate of drug-likeness (QED) is 0.0619. The highest BCUT2D eigenvalue weighted by molar-refractivity contribution is 7.85. The molecule has 0 spiro atoms. The summed E-state index contributed by atoms with van der Waals surface area (Å²) in [4.78, 5) is 119. The summed E-state index contributed by atoms with van der Waals surface area (Å²) in [6.45, 7) is 8.76. The lowest BCUT2D eigenvalue weighted by Crippen LogP contribution is -2.68. The number of nitrogens with zero attached hydrogens (tertiary/aromatic N) is 1. The lowest BCUT2D eigenvalue weighted by atomic mass is 9.90. The summed E-state index contributed by atoms with van der Waals surface area (Å²) in [5, 5.41) is 4.89. The van der Waals surface area contributed by atoms with E-state index in [0.29, 0.717) is 10.5 Å². The maximum absolute atomic E-state index is 14.8. The number of esters is 4. The van der Waals surface area contributed by atoms with Crippen molar-refractivity contribution in [3.8, 4) is 0 Å². The Morgan fingerprint density at radius 1 is 0.892 bits per heavy atom. The summed E-state index contributed by atoms with van der Waals surface area (Å²) in [5.74, 6) is -8.61. The van der Waals surface area contributed by atoms with Gasteiger partial charge in [0.25, 0.3) is 0 Å². The number of benzene rings is 1. The molecule has 0 bridgehead atoms. The molecule has 2 unspecified atom stereocenters. The summed E-state index contributed by atoms with van der Waals surface area (Å²) < 4.78 is 53.8. The third-order valence-corrected chi connectivity index (χ3v) is 10.8. The number of ether oxygens (including phenoxy) is 7. The minimum Gasteiger partial charge on any atom is -0.463 e. The van der Waals surface area contributed by atoms with E-state index in [-0.39, 0.29) is 12.3 Å². The molecule has 1 heterocycles. The molecule has 1 saturated heterocycles. The van der Waals surface area contributed by atoms with Crippen LogP contribution in [0.4, 0.5) is 4.79 Å². The van der Waals surface area contributed by atoms with Crippen LogP contribution in [0, 0.1) is 0 Å². The van der Waals surface area contributed by atoms with E-state index in [0.717, 1.165) is 27.7 Å². The molecule has 0 saturated carbocycles. The fraction of sp³-hybridized carbons (Fsp3) is 0.634. The topological polar surface area (TPSA) is 341 Å². The molecule has 364 valence electrons. The van der Waals surface area contributed by atoms with Gasteiger partial charge in [0.2, 0.25) is 29.9 Å². The highest BCUT2D eigenvalue weighted by Gasteiger charge is 2.56. The molecule has 0 aromatic heterocycles. The van der Waals surface area contributed by atoms with Crippen LogP contribution < -0.4 is 27.8 Å². The lowest BCUT2D eigenvalue weighted by molar-refractivity contribution is -0.279. The number of hydrogen-bond donors (Lipinski definition) is 5. The fourth-order valence-electron chi connectivity index (χ4n) is 6.69. The van der Waals surface area contributed by atoms with Crippen molar-refractivity contribution in [2.24, 2.45) is 17.2 Å². The SMILES string of the molecule is CC(=O)N[C@H]1[C@@H](OC(C)=O)O[C@H](COC(C)=O)[C@@H](OC(C)=O)[C@@H]1OC(C)C[C@](CS(=O)CCN)(C(=O)OC(C)C)N(C(=O)CC[C@@H](NC(=O)[C@H](C)N)C(N)=O)C(=O)OCc1ccccc1. The molecule has 2 rings (SSSR count). The van der Waals surface area contributed by atoms with Crippen LogP contribution in [-0.4, -0.2) is 148 Å². The number of imide groups is 1. The predicted molar refractivity (Wildman–Crippen MR) is 228 cm³/mol. The molecule has 10 atom stereocenters. The van der Waals surface area contributed by atoms with Crippen molar-refractivity contribution in [1.29, 1.82) is 0 Å². The van der Waals surface area contributed by atoms with Crippen LogP contribution >= 0.6 is 0 Å². The van der Waals surface area contributed by atoms with Gasteiger partial charge in [-0.15, -0.1) is 0 Å². The Balaban J connectivity index is 2.94. The van der Waals surface area contributed by atoms with Crippen molar-refractivity contribution in [2.45, 2.75) is 142 Å². The maximum atomic E-state index is 14.8. The smallest absolute Gasteiger partial charge is 0.417 e. The minimum atomic E-state index is -2.61. The molecule has 8 N–H and O–H groups in total. The molecule has 1 aromatic rings. The molecule has 0 radical (unpaired) electrons. The van der Waals surface area contributed by atoms with E-state index in [2.05, 4.69) is 10.6 Å². The fourth-order valence-corrected chi connectivity index (χ4v) is 7.99. The van der Waals surface area contributed by atoms with Crippen molar-refractivity contribution < 1.29 is 80.5 Å². The van der Waals surface area contributed by atoms with E-state index in [4.69, 9.17) is 50.4 Å². The second-order valence-corrected chi connectivity index (χ2v) is 17.1. The third kappa shape index (κ3) is 17.7. The number of carbonyl (C=O) groups is 9. The van der Waals surface area contributed by atoms with Crippen LogP contribution in [0.25, 0.3) is 0 Å². The second kappa shape index (κ2) is 26.4. The average molecular weight is 943 g/mol. The predicted octanol–water partition coefficient (Wildman–Crippen LogP) is -0.902. The summed E-state index contributed by atoms with van der Waals surface area (Å²) in [7, 11) is -2.11. The van der Waals surface area contributed by atoms with Gasteiger partial charge in [0.15, 0.2) is 11.6 Å². The summed E-state index contributed by atoms with van der Waals surface area (Å²) in [5.41, 5.74) is 14.8. The average Bonchev–Trinajstić information content (AvgIpc) is 3.19. The van der Waals surface area contributed by atoms with Crippen molar-refractivity contribution in [2.75, 3.05) is 24.7 Å². The van der Waals surface area contributed by atoms with Gasteiger partial charge in [-0.3, -0.25) is 37.8 Å². The number of rotatable bonds is 24. The van der Waals surface area contributed by atoms with Crippen LogP contribution in [-0.2, 0) is 88.9 Å². The van der Waals surface area contributed by atoms with Crippen molar-refractivity contribution in [3.05, 3.63) is 35.9 Å². The number of nitrogens with one attached hydrogen (secondary N) is 2. The van der Waals surface area contributed by atoms with Gasteiger partial charge in [-0.2, -0.15) is 0 Å². The van der Waals surface area contributed by atoms with Crippen LogP contribution in [0.3, 0.4) is 0 Å². The molecular weight excluding hydrogens is 881 g/mol. The van der Waals surface area contributed by atoms with Crippen LogP contribution in [0.15, 0.2) is 30.3 Å². The molecular formula is C41H62N6O17S. The van der Waals surface area contributed by atoms with Crippen LogP contribution in [0.2, 0.25) is 0 Å². The second-order valence-electron chi connectivity index (χ2n) is 15.5. The Bertz CT molecular complexity index is 1870. The highest BCUT2D eigenvalue weighted by Crippen LogP contribution is 2.34. The summed E-state index contributed by atoms with van der Waals surface area (Å²) in [6.07, 6.45) is -12.0. The number of nitrogens with two attached hydrogens (primary N) is 3. The molecule has 0 aliphatic carbocycles. The Hall–Kier alpha value is -5.56. The summed E-state index contributed by atoms with van der Waals surface area (Å²) >= 11 is 0. The number of primary amides is 1. The van der Waals surface area contributed by atoms with Crippen molar-refractivity contribution >= 4 is 64.4 Å². The van der Waals surface area contributed by atoms with Gasteiger partial charge in [-0.1, -0.05) is 30.3 Å². The maximum Gasteiger partial charge on any atom is 0.417 e. The van der Waals surface area contributed by atoms with Crippen LogP contribution in [0.5, 0.6) is 0 Å². The van der Waals surface area contributed by atoms with Gasteiger partial charge in [0.05, 0.1) is 24.0 Å². The largest absolute Gasteiger partial charge is 0.463 e. The normalized spacial score (nSPS) is 20.9. The molecule has 1 aliphatic heterocycles. The molecule has 1 aromatic carbocycles. The lowest BCUT2D eigenvalue weighted by Gasteiger charge is -2.47. The monoisotopic (exact) mass is 942 g/mol. The first-order valence-electron chi connectivity index (χ1n) is 20.6. The first kappa shape index (κ1) is 55.6. The van der Waals surface area contributed by atoms with E-state index in [1.165, 1.54) is 27.7 Å². The van der Waals surface area contributed by atoms with E-state index in [9.17, 15) is 47.4 Å². The molecule has 1 aliphatic rings. The highest BCUT2D eigenvalue weighted by atomic mass is 32.2. The van der Waals surface area contributed by atoms with E-state index < -0.39 is 163 Å². The van der Waals surface area contributed by atoms with Gasteiger partial charge < -0.3 is 61.0 Å². The zero-order valence-corrected chi connectivity index (χ0v) is 38.6. The first-order valence-corrected chi connectivity index (χ1v) is 22.1. The Morgan fingerprint density at radius 2 is 1.52 bits per heavy atom.